The molecule has 0 aliphatic carbocycles. The minimum absolute atomic E-state index is 0. The van der Waals surface area contributed by atoms with Crippen molar-refractivity contribution in [2.75, 3.05) is 18.9 Å². The Hall–Kier alpha value is -3.48. The van der Waals surface area contributed by atoms with Crippen molar-refractivity contribution < 1.29 is 12.0 Å². The van der Waals surface area contributed by atoms with Gasteiger partial charge in [-0.25, -0.2) is 4.39 Å². The number of nitrogens with zero attached hydrogens (tertiary/aromatic N) is 3. The van der Waals surface area contributed by atoms with Gasteiger partial charge < -0.3 is 15.5 Å². The lowest BCUT2D eigenvalue weighted by Gasteiger charge is -2.21. The van der Waals surface area contributed by atoms with Gasteiger partial charge in [-0.2, -0.15) is 0 Å². The number of rotatable bonds is 7. The lowest BCUT2D eigenvalue weighted by atomic mass is 10.1. The fourth-order valence-electron chi connectivity index (χ4n) is 3.48. The van der Waals surface area contributed by atoms with Gasteiger partial charge in [0.1, 0.15) is 11.7 Å². The molecule has 2 N–H and O–H groups in total. The summed E-state index contributed by atoms with van der Waals surface area (Å²) in [5.41, 5.74) is 3.97. The van der Waals surface area contributed by atoms with E-state index in [0.717, 1.165) is 29.2 Å². The molecule has 2 aromatic carbocycles. The highest BCUT2D eigenvalue weighted by Crippen LogP contribution is 2.19. The molecular formula is C26H36FN5O. The van der Waals surface area contributed by atoms with Crippen molar-refractivity contribution in [2.24, 2.45) is 9.98 Å². The van der Waals surface area contributed by atoms with Crippen LogP contribution in [0.15, 0.2) is 64.3 Å². The summed E-state index contributed by atoms with van der Waals surface area (Å²) in [6.07, 6.45) is 3.96. The molecule has 1 unspecified atom stereocenters. The highest BCUT2D eigenvalue weighted by molar-refractivity contribution is 6.30. The van der Waals surface area contributed by atoms with Crippen LogP contribution in [0.1, 0.15) is 46.4 Å². The summed E-state index contributed by atoms with van der Waals surface area (Å²) in [5.74, 6) is 0.316. The Balaban J connectivity index is 0.00000306. The highest BCUT2D eigenvalue weighted by Gasteiger charge is 2.16. The van der Waals surface area contributed by atoms with Crippen molar-refractivity contribution in [3.05, 3.63) is 76.9 Å². The summed E-state index contributed by atoms with van der Waals surface area (Å²) < 4.78 is 13.4. The van der Waals surface area contributed by atoms with Crippen LogP contribution in [0.2, 0.25) is 0 Å². The van der Waals surface area contributed by atoms with E-state index in [2.05, 4.69) is 27.4 Å². The maximum Gasteiger partial charge on any atom is 0.228 e. The van der Waals surface area contributed by atoms with Gasteiger partial charge in [0.25, 0.3) is 0 Å². The number of anilines is 1. The van der Waals surface area contributed by atoms with E-state index in [0.29, 0.717) is 11.3 Å². The second-order valence-electron chi connectivity index (χ2n) is 8.38. The molecule has 1 amide bonds. The molecule has 0 saturated carbocycles. The van der Waals surface area contributed by atoms with Gasteiger partial charge >= 0.3 is 0 Å². The number of nitrogens with one attached hydrogen (secondary N) is 2. The van der Waals surface area contributed by atoms with Crippen molar-refractivity contribution in [3.63, 3.8) is 0 Å². The van der Waals surface area contributed by atoms with Gasteiger partial charge in [-0.1, -0.05) is 24.3 Å². The smallest absolute Gasteiger partial charge is 0.228 e. The molecule has 1 heterocycles. The molecule has 0 aromatic heterocycles. The fraction of sp³-hybridized carbons (Fsp3) is 0.346. The van der Waals surface area contributed by atoms with Crippen LogP contribution in [0.4, 0.5) is 10.1 Å². The SMILES string of the molecule is CCN(C)/C=C1/N=CC(N[C@@H](C)c2cccc(NC(=O)Cc3ccc(F)c(C)c3)c2)=NC1C.[HH].[HH]. The van der Waals surface area contributed by atoms with Crippen LogP contribution in [0, 0.1) is 12.7 Å². The van der Waals surface area contributed by atoms with Gasteiger partial charge in [0, 0.05) is 28.3 Å². The van der Waals surface area contributed by atoms with E-state index >= 15 is 0 Å². The van der Waals surface area contributed by atoms with Crippen molar-refractivity contribution in [1.82, 2.24) is 10.2 Å². The predicted molar refractivity (Wildman–Crippen MR) is 137 cm³/mol. The number of carbonyl (C=O) groups excluding carboxylic acids is 1. The zero-order valence-electron chi connectivity index (χ0n) is 19.9. The molecule has 6 nitrogen and oxygen atoms in total. The first-order valence-corrected chi connectivity index (χ1v) is 11.2. The number of halogens is 1. The Bertz CT molecular complexity index is 1100. The largest absolute Gasteiger partial charge is 0.379 e. The maximum absolute atomic E-state index is 13.4. The maximum atomic E-state index is 13.4. The van der Waals surface area contributed by atoms with Gasteiger partial charge in [-0.3, -0.25) is 14.8 Å². The topological polar surface area (TPSA) is 69.1 Å². The third-order valence-corrected chi connectivity index (χ3v) is 5.57. The number of hydrogen-bond acceptors (Lipinski definition) is 5. The first-order valence-electron chi connectivity index (χ1n) is 11.2. The molecule has 0 spiro atoms. The minimum Gasteiger partial charge on any atom is -0.379 e. The van der Waals surface area contributed by atoms with Crippen molar-refractivity contribution in [3.8, 4) is 0 Å². The number of hydrogen-bond donors (Lipinski definition) is 2. The van der Waals surface area contributed by atoms with Crippen molar-refractivity contribution in [1.29, 1.82) is 0 Å². The zero-order chi connectivity index (χ0) is 24.0. The van der Waals surface area contributed by atoms with Crippen molar-refractivity contribution in [2.45, 2.75) is 46.2 Å². The molecule has 3 rings (SSSR count). The van der Waals surface area contributed by atoms with Gasteiger partial charge in [0.15, 0.2) is 0 Å². The van der Waals surface area contributed by atoms with Gasteiger partial charge in [0.05, 0.1) is 30.4 Å². The Labute approximate surface area is 198 Å². The van der Waals surface area contributed by atoms with Crippen LogP contribution in [0.5, 0.6) is 0 Å². The number of aryl methyl sites for hydroxylation is 1. The Morgan fingerprint density at radius 1 is 1.30 bits per heavy atom. The van der Waals surface area contributed by atoms with Crippen LogP contribution in [0.3, 0.4) is 0 Å². The standard InChI is InChI=1S/C26H32FN5O.2H2/c1-6-32(5)16-24-19(4)30-25(15-28-24)29-18(3)21-8-7-9-22(14-21)31-26(33)13-20-10-11-23(27)17(2)12-20;;/h7-12,14-16,18-19H,6,13H2,1-5H3,(H,29,30)(H,31,33);2*1H/b24-16+;;/t18-,19?;;/m0../s1. The summed E-state index contributed by atoms with van der Waals surface area (Å²) in [6.45, 7) is 8.76. The molecule has 7 heteroatoms. The summed E-state index contributed by atoms with van der Waals surface area (Å²) >= 11 is 0. The van der Waals surface area contributed by atoms with Crippen LogP contribution in [-0.2, 0) is 11.2 Å². The average molecular weight is 454 g/mol. The molecule has 0 fully saturated rings. The predicted octanol–water partition coefficient (Wildman–Crippen LogP) is 5.12. The quantitative estimate of drug-likeness (QED) is 0.611. The summed E-state index contributed by atoms with van der Waals surface area (Å²) in [4.78, 5) is 23.8. The number of carbonyl (C=O) groups is 1. The number of benzene rings is 2. The van der Waals surface area contributed by atoms with Gasteiger partial charge in [-0.15, -0.1) is 0 Å². The molecule has 0 bridgehead atoms. The number of amidine groups is 1. The van der Waals surface area contributed by atoms with E-state index in [1.807, 2.05) is 51.4 Å². The molecular weight excluding hydrogens is 417 g/mol. The molecule has 0 saturated heterocycles. The fourth-order valence-corrected chi connectivity index (χ4v) is 3.48. The van der Waals surface area contributed by atoms with E-state index in [1.54, 1.807) is 25.3 Å². The van der Waals surface area contributed by atoms with Crippen LogP contribution < -0.4 is 10.6 Å². The molecule has 1 aliphatic rings. The third kappa shape index (κ3) is 6.75. The Morgan fingerprint density at radius 2 is 2.09 bits per heavy atom. The zero-order valence-corrected chi connectivity index (χ0v) is 19.9. The molecule has 2 atom stereocenters. The van der Waals surface area contributed by atoms with Crippen LogP contribution in [-0.4, -0.2) is 42.5 Å². The van der Waals surface area contributed by atoms with Gasteiger partial charge in [0.2, 0.25) is 5.91 Å². The van der Waals surface area contributed by atoms with E-state index < -0.39 is 0 Å². The second-order valence-corrected chi connectivity index (χ2v) is 8.38. The Morgan fingerprint density at radius 3 is 2.79 bits per heavy atom. The summed E-state index contributed by atoms with van der Waals surface area (Å²) in [7, 11) is 2.02. The average Bonchev–Trinajstić information content (AvgIpc) is 2.78. The molecule has 2 aromatic rings. The second kappa shape index (κ2) is 10.9. The first-order chi connectivity index (χ1) is 15.7. The molecule has 1 aliphatic heterocycles. The summed E-state index contributed by atoms with van der Waals surface area (Å²) in [5, 5.41) is 6.33. The van der Waals surface area contributed by atoms with Crippen LogP contribution in [0.25, 0.3) is 0 Å². The van der Waals surface area contributed by atoms with E-state index in [1.165, 1.54) is 6.07 Å². The van der Waals surface area contributed by atoms with E-state index in [9.17, 15) is 9.18 Å². The normalized spacial score (nSPS) is 17.5. The summed E-state index contributed by atoms with van der Waals surface area (Å²) in [6, 6.07) is 12.4. The number of aliphatic imine (C=N–C) groups is 2. The third-order valence-electron chi connectivity index (χ3n) is 5.57. The molecule has 178 valence electrons. The van der Waals surface area contributed by atoms with Gasteiger partial charge in [-0.05, 0) is 62.6 Å². The van der Waals surface area contributed by atoms with Crippen LogP contribution >= 0.6 is 0 Å². The molecule has 0 radical (unpaired) electrons. The van der Waals surface area contributed by atoms with E-state index in [4.69, 9.17) is 4.99 Å². The van der Waals surface area contributed by atoms with E-state index in [-0.39, 0.29) is 33.1 Å². The lowest BCUT2D eigenvalue weighted by Crippen LogP contribution is -2.31. The highest BCUT2D eigenvalue weighted by atomic mass is 19.1. The first kappa shape index (κ1) is 24.2. The minimum atomic E-state index is -0.268. The van der Waals surface area contributed by atoms with Crippen molar-refractivity contribution >= 4 is 23.6 Å². The number of amides is 1. The molecule has 33 heavy (non-hydrogen) atoms. The lowest BCUT2D eigenvalue weighted by molar-refractivity contribution is -0.115. The monoisotopic (exact) mass is 453 g/mol. The Kier molecular flexibility index (Phi) is 7.98.